The first-order valence-corrected chi connectivity index (χ1v) is 7.23. The van der Waals surface area contributed by atoms with Crippen LogP contribution in [0.5, 0.6) is 0 Å². The smallest absolute Gasteiger partial charge is 0.320 e. The van der Waals surface area contributed by atoms with E-state index in [1.54, 1.807) is 19.1 Å². The molecule has 1 aliphatic rings. The second-order valence-electron chi connectivity index (χ2n) is 4.69. The highest BCUT2D eigenvalue weighted by atomic mass is 79.9. The van der Waals surface area contributed by atoms with E-state index in [0.29, 0.717) is 30.2 Å². The van der Waals surface area contributed by atoms with E-state index >= 15 is 0 Å². The SMILES string of the molecule is CCOC(=O)CN(Cc1ccc(F)c(Br)c1)C1CC1. The van der Waals surface area contributed by atoms with Gasteiger partial charge < -0.3 is 4.74 Å². The van der Waals surface area contributed by atoms with Crippen LogP contribution in [-0.4, -0.2) is 30.1 Å². The molecule has 1 aliphatic carbocycles. The molecule has 0 N–H and O–H groups in total. The van der Waals surface area contributed by atoms with Gasteiger partial charge in [-0.2, -0.15) is 0 Å². The van der Waals surface area contributed by atoms with Crippen molar-refractivity contribution in [3.8, 4) is 0 Å². The van der Waals surface area contributed by atoms with Gasteiger partial charge in [-0.3, -0.25) is 9.69 Å². The number of esters is 1. The number of carbonyl (C=O) groups excluding carboxylic acids is 1. The van der Waals surface area contributed by atoms with Crippen molar-refractivity contribution in [2.24, 2.45) is 0 Å². The first-order valence-electron chi connectivity index (χ1n) is 6.43. The number of hydrogen-bond donors (Lipinski definition) is 0. The zero-order valence-electron chi connectivity index (χ0n) is 10.9. The van der Waals surface area contributed by atoms with Crippen LogP contribution in [0.2, 0.25) is 0 Å². The number of nitrogens with zero attached hydrogens (tertiary/aromatic N) is 1. The van der Waals surface area contributed by atoms with Crippen LogP contribution in [0.1, 0.15) is 25.3 Å². The Morgan fingerprint density at radius 3 is 2.84 bits per heavy atom. The molecule has 5 heteroatoms. The zero-order chi connectivity index (χ0) is 13.8. The summed E-state index contributed by atoms with van der Waals surface area (Å²) >= 11 is 3.18. The summed E-state index contributed by atoms with van der Waals surface area (Å²) in [6.45, 7) is 3.14. The Morgan fingerprint density at radius 2 is 2.26 bits per heavy atom. The molecule has 1 aromatic rings. The van der Waals surface area contributed by atoms with Crippen molar-refractivity contribution < 1.29 is 13.9 Å². The molecule has 1 aromatic carbocycles. The van der Waals surface area contributed by atoms with Crippen molar-refractivity contribution in [2.75, 3.05) is 13.2 Å². The van der Waals surface area contributed by atoms with Gasteiger partial charge in [-0.1, -0.05) is 6.07 Å². The number of rotatable bonds is 6. The Morgan fingerprint density at radius 1 is 1.53 bits per heavy atom. The predicted molar refractivity (Wildman–Crippen MR) is 74.2 cm³/mol. The van der Waals surface area contributed by atoms with E-state index in [9.17, 15) is 9.18 Å². The lowest BCUT2D eigenvalue weighted by atomic mass is 10.2. The third kappa shape index (κ3) is 4.28. The number of halogens is 2. The Bertz CT molecular complexity index is 463. The average molecular weight is 330 g/mol. The first kappa shape index (κ1) is 14.5. The molecule has 1 saturated carbocycles. The molecule has 0 amide bonds. The van der Waals surface area contributed by atoms with E-state index in [2.05, 4.69) is 20.8 Å². The van der Waals surface area contributed by atoms with Crippen LogP contribution in [0.4, 0.5) is 4.39 Å². The Kier molecular flexibility index (Phi) is 4.93. The van der Waals surface area contributed by atoms with Crippen molar-refractivity contribution in [3.63, 3.8) is 0 Å². The molecule has 0 aromatic heterocycles. The summed E-state index contributed by atoms with van der Waals surface area (Å²) in [4.78, 5) is 13.7. The quantitative estimate of drug-likeness (QED) is 0.751. The molecule has 0 saturated heterocycles. The van der Waals surface area contributed by atoms with Crippen LogP contribution in [0.3, 0.4) is 0 Å². The second-order valence-corrected chi connectivity index (χ2v) is 5.54. The molecular weight excluding hydrogens is 313 g/mol. The van der Waals surface area contributed by atoms with E-state index in [1.807, 2.05) is 0 Å². The van der Waals surface area contributed by atoms with Crippen molar-refractivity contribution in [1.82, 2.24) is 4.90 Å². The fourth-order valence-corrected chi connectivity index (χ4v) is 2.42. The highest BCUT2D eigenvalue weighted by Crippen LogP contribution is 2.28. The van der Waals surface area contributed by atoms with Gasteiger partial charge in [0.25, 0.3) is 0 Å². The molecule has 0 atom stereocenters. The molecule has 0 radical (unpaired) electrons. The van der Waals surface area contributed by atoms with Crippen molar-refractivity contribution in [3.05, 3.63) is 34.1 Å². The number of carbonyl (C=O) groups is 1. The van der Waals surface area contributed by atoms with E-state index < -0.39 is 0 Å². The summed E-state index contributed by atoms with van der Waals surface area (Å²) in [6.07, 6.45) is 2.23. The van der Waals surface area contributed by atoms with Gasteiger partial charge in [0.05, 0.1) is 17.6 Å². The van der Waals surface area contributed by atoms with Gasteiger partial charge in [-0.25, -0.2) is 4.39 Å². The maximum atomic E-state index is 13.2. The summed E-state index contributed by atoms with van der Waals surface area (Å²) in [5, 5.41) is 0. The molecule has 1 fully saturated rings. The lowest BCUT2D eigenvalue weighted by Gasteiger charge is -2.21. The van der Waals surface area contributed by atoms with Crippen LogP contribution in [0.25, 0.3) is 0 Å². The van der Waals surface area contributed by atoms with Crippen LogP contribution >= 0.6 is 15.9 Å². The Balaban J connectivity index is 1.99. The third-order valence-corrected chi connectivity index (χ3v) is 3.68. The molecule has 0 aliphatic heterocycles. The molecule has 19 heavy (non-hydrogen) atoms. The number of benzene rings is 1. The van der Waals surface area contributed by atoms with Gasteiger partial charge in [-0.15, -0.1) is 0 Å². The van der Waals surface area contributed by atoms with Crippen LogP contribution in [0, 0.1) is 5.82 Å². The fraction of sp³-hybridized carbons (Fsp3) is 0.500. The maximum Gasteiger partial charge on any atom is 0.320 e. The highest BCUT2D eigenvalue weighted by molar-refractivity contribution is 9.10. The molecule has 2 rings (SSSR count). The molecular formula is C14H17BrFNO2. The standard InChI is InChI=1S/C14H17BrFNO2/c1-2-19-14(18)9-17(11-4-5-11)8-10-3-6-13(16)12(15)7-10/h3,6-7,11H,2,4-5,8-9H2,1H3. The van der Waals surface area contributed by atoms with E-state index in [1.165, 1.54) is 6.07 Å². The predicted octanol–water partition coefficient (Wildman–Crippen LogP) is 3.12. The molecule has 0 heterocycles. The van der Waals surface area contributed by atoms with Gasteiger partial charge in [0.1, 0.15) is 5.82 Å². The zero-order valence-corrected chi connectivity index (χ0v) is 12.5. The third-order valence-electron chi connectivity index (χ3n) is 3.07. The van der Waals surface area contributed by atoms with Gasteiger partial charge >= 0.3 is 5.97 Å². The average Bonchev–Trinajstić information content (AvgIpc) is 3.17. The Hall–Kier alpha value is -0.940. The first-order chi connectivity index (χ1) is 9.10. The minimum Gasteiger partial charge on any atom is -0.465 e. The second kappa shape index (κ2) is 6.48. The summed E-state index contributed by atoms with van der Waals surface area (Å²) in [6, 6.07) is 5.40. The lowest BCUT2D eigenvalue weighted by molar-refractivity contribution is -0.144. The van der Waals surface area contributed by atoms with Gasteiger partial charge in [0.2, 0.25) is 0 Å². The van der Waals surface area contributed by atoms with Crippen LogP contribution < -0.4 is 0 Å². The normalized spacial score (nSPS) is 14.7. The number of ether oxygens (including phenoxy) is 1. The van der Waals surface area contributed by atoms with E-state index in [-0.39, 0.29) is 11.8 Å². The van der Waals surface area contributed by atoms with E-state index in [4.69, 9.17) is 4.74 Å². The Labute approximate surface area is 120 Å². The van der Waals surface area contributed by atoms with Crippen LogP contribution in [-0.2, 0) is 16.1 Å². The molecule has 0 unspecified atom stereocenters. The van der Waals surface area contributed by atoms with Crippen molar-refractivity contribution in [1.29, 1.82) is 0 Å². The highest BCUT2D eigenvalue weighted by Gasteiger charge is 2.30. The molecule has 0 bridgehead atoms. The summed E-state index contributed by atoms with van der Waals surface area (Å²) in [7, 11) is 0. The summed E-state index contributed by atoms with van der Waals surface area (Å²) in [5.41, 5.74) is 0.990. The molecule has 104 valence electrons. The van der Waals surface area contributed by atoms with Crippen molar-refractivity contribution >= 4 is 21.9 Å². The van der Waals surface area contributed by atoms with Gasteiger partial charge in [0.15, 0.2) is 0 Å². The van der Waals surface area contributed by atoms with Crippen LogP contribution in [0.15, 0.2) is 22.7 Å². The summed E-state index contributed by atoms with van der Waals surface area (Å²) < 4.78 is 18.6. The summed E-state index contributed by atoms with van der Waals surface area (Å²) in [5.74, 6) is -0.470. The monoisotopic (exact) mass is 329 g/mol. The molecule has 3 nitrogen and oxygen atoms in total. The van der Waals surface area contributed by atoms with Gasteiger partial charge in [-0.05, 0) is 53.4 Å². The van der Waals surface area contributed by atoms with Gasteiger partial charge in [0, 0.05) is 12.6 Å². The van der Waals surface area contributed by atoms with Crippen molar-refractivity contribution in [2.45, 2.75) is 32.4 Å². The van der Waals surface area contributed by atoms with E-state index in [0.717, 1.165) is 18.4 Å². The minimum absolute atomic E-state index is 0.199. The lowest BCUT2D eigenvalue weighted by Crippen LogP contribution is -2.32. The largest absolute Gasteiger partial charge is 0.465 e. The molecule has 0 spiro atoms. The minimum atomic E-state index is -0.271. The maximum absolute atomic E-state index is 13.2. The number of hydrogen-bond acceptors (Lipinski definition) is 3. The fourth-order valence-electron chi connectivity index (χ4n) is 2.00. The topological polar surface area (TPSA) is 29.5 Å².